The van der Waals surface area contributed by atoms with Gasteiger partial charge in [0.2, 0.25) is 0 Å². The van der Waals surface area contributed by atoms with Crippen molar-refractivity contribution < 1.29 is 0 Å². The van der Waals surface area contributed by atoms with Crippen LogP contribution in [0.3, 0.4) is 0 Å². The van der Waals surface area contributed by atoms with E-state index in [4.69, 9.17) is 0 Å². The average Bonchev–Trinajstić information content (AvgIpc) is 2.20. The summed E-state index contributed by atoms with van der Waals surface area (Å²) in [4.78, 5) is 5.68. The molecule has 0 unspecified atom stereocenters. The van der Waals surface area contributed by atoms with Crippen LogP contribution in [0.2, 0.25) is 0 Å². The molecule has 2 heteroatoms. The maximum atomic E-state index is 4.41. The minimum atomic E-state index is 1.09. The third kappa shape index (κ3) is 2.38. The highest BCUT2D eigenvalue weighted by Crippen LogP contribution is 2.32. The van der Waals surface area contributed by atoms with Crippen molar-refractivity contribution in [3.8, 4) is 0 Å². The van der Waals surface area contributed by atoms with Crippen molar-refractivity contribution in [1.82, 2.24) is 0 Å². The highest BCUT2D eigenvalue weighted by Gasteiger charge is 2.05. The number of benzene rings is 1. The van der Waals surface area contributed by atoms with Crippen LogP contribution in [0.4, 0.5) is 5.69 Å². The minimum Gasteiger partial charge on any atom is -0.260 e. The lowest BCUT2D eigenvalue weighted by Crippen LogP contribution is -1.86. The zero-order valence-electron chi connectivity index (χ0n) is 9.29. The molecule has 0 heterocycles. The topological polar surface area (TPSA) is 12.4 Å². The van der Waals surface area contributed by atoms with Crippen molar-refractivity contribution in [2.75, 3.05) is 6.26 Å². The van der Waals surface area contributed by atoms with Crippen molar-refractivity contribution in [2.45, 2.75) is 32.1 Å². The fraction of sp³-hybridized carbons (Fsp3) is 0.417. The fourth-order valence-electron chi connectivity index (χ4n) is 1.47. The van der Waals surface area contributed by atoms with Crippen LogP contribution in [0, 0.1) is 6.92 Å². The summed E-state index contributed by atoms with van der Waals surface area (Å²) in [5.41, 5.74) is 3.78. The van der Waals surface area contributed by atoms with Crippen molar-refractivity contribution in [2.24, 2.45) is 4.99 Å². The molecular weight excluding hydrogens is 190 g/mol. The molecule has 0 aromatic heterocycles. The summed E-state index contributed by atoms with van der Waals surface area (Å²) in [6, 6.07) is 4.46. The summed E-state index contributed by atoms with van der Waals surface area (Å²) >= 11 is 1.77. The number of hydrogen-bond donors (Lipinski definition) is 0. The molecule has 0 saturated heterocycles. The molecule has 0 saturated carbocycles. The van der Waals surface area contributed by atoms with Crippen LogP contribution < -0.4 is 0 Å². The maximum absolute atomic E-state index is 4.41. The summed E-state index contributed by atoms with van der Waals surface area (Å²) in [7, 11) is 0. The van der Waals surface area contributed by atoms with Gasteiger partial charge >= 0.3 is 0 Å². The monoisotopic (exact) mass is 207 g/mol. The van der Waals surface area contributed by atoms with Gasteiger partial charge in [-0.15, -0.1) is 11.8 Å². The van der Waals surface area contributed by atoms with E-state index in [1.807, 2.05) is 13.1 Å². The normalized spacial score (nSPS) is 11.1. The number of hydrogen-bond acceptors (Lipinski definition) is 2. The zero-order valence-corrected chi connectivity index (χ0v) is 10.1. The molecule has 0 N–H and O–H groups in total. The van der Waals surface area contributed by atoms with Crippen LogP contribution in [-0.2, 0) is 6.42 Å². The van der Waals surface area contributed by atoms with Crippen LogP contribution in [0.15, 0.2) is 22.0 Å². The zero-order chi connectivity index (χ0) is 10.6. The first-order valence-corrected chi connectivity index (χ1v) is 6.11. The summed E-state index contributed by atoms with van der Waals surface area (Å²) in [6.45, 7) is 6.26. The molecule has 0 spiro atoms. The lowest BCUT2D eigenvalue weighted by molar-refractivity contribution is 1.11. The third-order valence-electron chi connectivity index (χ3n) is 2.21. The smallest absolute Gasteiger partial charge is 0.0790 e. The van der Waals surface area contributed by atoms with Gasteiger partial charge < -0.3 is 0 Å². The van der Waals surface area contributed by atoms with E-state index in [0.29, 0.717) is 0 Å². The minimum absolute atomic E-state index is 1.09. The first kappa shape index (κ1) is 11.3. The Labute approximate surface area is 90.6 Å². The molecular formula is C12H17NS. The lowest BCUT2D eigenvalue weighted by Gasteiger charge is -2.08. The molecule has 1 aromatic rings. The standard InChI is InChI=1S/C12H17NS/c1-5-10-7-9(3)12(13-6-2)11(8-10)14-4/h6-8H,5H2,1-4H3/b13-6-. The third-order valence-corrected chi connectivity index (χ3v) is 2.96. The van der Waals surface area contributed by atoms with Gasteiger partial charge in [-0.05, 0) is 43.7 Å². The Morgan fingerprint density at radius 1 is 1.43 bits per heavy atom. The van der Waals surface area contributed by atoms with Crippen LogP contribution in [0.1, 0.15) is 25.0 Å². The predicted octanol–water partition coefficient (Wildman–Crippen LogP) is 4.00. The largest absolute Gasteiger partial charge is 0.260 e. The second-order valence-corrected chi connectivity index (χ2v) is 4.05. The Bertz CT molecular complexity index is 342. The van der Waals surface area contributed by atoms with Gasteiger partial charge in [0, 0.05) is 11.1 Å². The molecule has 0 aliphatic rings. The van der Waals surface area contributed by atoms with Crippen molar-refractivity contribution in [1.29, 1.82) is 0 Å². The van der Waals surface area contributed by atoms with Crippen LogP contribution in [0.5, 0.6) is 0 Å². The van der Waals surface area contributed by atoms with E-state index in [1.54, 1.807) is 11.8 Å². The Morgan fingerprint density at radius 3 is 2.64 bits per heavy atom. The molecule has 0 aliphatic carbocycles. The van der Waals surface area contributed by atoms with Gasteiger partial charge in [-0.2, -0.15) is 0 Å². The van der Waals surface area contributed by atoms with E-state index in [9.17, 15) is 0 Å². The highest BCUT2D eigenvalue weighted by molar-refractivity contribution is 7.98. The molecule has 0 radical (unpaired) electrons. The Balaban J connectivity index is 3.27. The molecule has 0 amide bonds. The summed E-state index contributed by atoms with van der Waals surface area (Å²) in [5.74, 6) is 0. The number of nitrogens with zero attached hydrogens (tertiary/aromatic N) is 1. The molecule has 76 valence electrons. The van der Waals surface area contributed by atoms with Gasteiger partial charge in [0.05, 0.1) is 5.69 Å². The Morgan fingerprint density at radius 2 is 2.14 bits per heavy atom. The van der Waals surface area contributed by atoms with Gasteiger partial charge in [-0.3, -0.25) is 4.99 Å². The molecule has 0 aliphatic heterocycles. The molecule has 0 bridgehead atoms. The van der Waals surface area contributed by atoms with E-state index in [2.05, 4.69) is 37.2 Å². The molecule has 0 fully saturated rings. The second-order valence-electron chi connectivity index (χ2n) is 3.20. The number of aryl methyl sites for hydroxylation is 2. The molecule has 14 heavy (non-hydrogen) atoms. The van der Waals surface area contributed by atoms with Gasteiger partial charge in [-0.1, -0.05) is 13.0 Å². The van der Waals surface area contributed by atoms with Crippen molar-refractivity contribution >= 4 is 23.7 Å². The first-order chi connectivity index (χ1) is 6.72. The fourth-order valence-corrected chi connectivity index (χ4v) is 2.15. The van der Waals surface area contributed by atoms with Gasteiger partial charge in [0.15, 0.2) is 0 Å². The number of thioether (sulfide) groups is 1. The summed E-state index contributed by atoms with van der Waals surface area (Å²) < 4.78 is 0. The van der Waals surface area contributed by atoms with E-state index in [1.165, 1.54) is 16.0 Å². The Hall–Kier alpha value is -0.760. The van der Waals surface area contributed by atoms with E-state index in [-0.39, 0.29) is 0 Å². The van der Waals surface area contributed by atoms with Crippen molar-refractivity contribution in [3.63, 3.8) is 0 Å². The lowest BCUT2D eigenvalue weighted by atomic mass is 10.1. The van der Waals surface area contributed by atoms with Gasteiger partial charge in [0.1, 0.15) is 0 Å². The summed E-state index contributed by atoms with van der Waals surface area (Å²) in [6.07, 6.45) is 5.04. The highest BCUT2D eigenvalue weighted by atomic mass is 32.2. The molecule has 1 nitrogen and oxygen atoms in total. The van der Waals surface area contributed by atoms with E-state index < -0.39 is 0 Å². The van der Waals surface area contributed by atoms with Crippen LogP contribution >= 0.6 is 11.8 Å². The Kier molecular flexibility index (Phi) is 4.21. The SMILES string of the molecule is C/C=N\c1c(C)cc(CC)cc1SC. The summed E-state index contributed by atoms with van der Waals surface area (Å²) in [5, 5.41) is 0. The maximum Gasteiger partial charge on any atom is 0.0790 e. The molecule has 0 atom stereocenters. The number of rotatable bonds is 3. The number of aliphatic imine (C=N–C) groups is 1. The van der Waals surface area contributed by atoms with E-state index in [0.717, 1.165) is 12.1 Å². The average molecular weight is 207 g/mol. The van der Waals surface area contributed by atoms with Crippen LogP contribution in [-0.4, -0.2) is 12.5 Å². The van der Waals surface area contributed by atoms with Gasteiger partial charge in [-0.25, -0.2) is 0 Å². The second kappa shape index (κ2) is 5.20. The quantitative estimate of drug-likeness (QED) is 0.539. The van der Waals surface area contributed by atoms with Crippen LogP contribution in [0.25, 0.3) is 0 Å². The van der Waals surface area contributed by atoms with Crippen molar-refractivity contribution in [3.05, 3.63) is 23.3 Å². The van der Waals surface area contributed by atoms with Gasteiger partial charge in [0.25, 0.3) is 0 Å². The molecule has 1 aromatic carbocycles. The van der Waals surface area contributed by atoms with E-state index >= 15 is 0 Å². The predicted molar refractivity (Wildman–Crippen MR) is 66.2 cm³/mol. The first-order valence-electron chi connectivity index (χ1n) is 4.89. The molecule has 1 rings (SSSR count).